The van der Waals surface area contributed by atoms with Gasteiger partial charge in [-0.25, -0.2) is 8.78 Å². The van der Waals surface area contributed by atoms with Gasteiger partial charge in [-0.15, -0.1) is 11.3 Å². The predicted octanol–water partition coefficient (Wildman–Crippen LogP) is 4.36. The molecule has 2 aromatic carbocycles. The van der Waals surface area contributed by atoms with Crippen LogP contribution in [0.1, 0.15) is 45.7 Å². The second-order valence-electron chi connectivity index (χ2n) is 8.36. The van der Waals surface area contributed by atoms with E-state index < -0.39 is 17.7 Å². The Balaban J connectivity index is 1.23. The molecule has 1 aromatic heterocycles. The number of benzene rings is 2. The van der Waals surface area contributed by atoms with Crippen molar-refractivity contribution in [3.8, 4) is 5.75 Å². The Hall–Kier alpha value is -3.53. The van der Waals surface area contributed by atoms with Crippen LogP contribution in [0.5, 0.6) is 5.75 Å². The molecule has 0 unspecified atom stereocenters. The zero-order chi connectivity index (χ0) is 24.9. The number of halogens is 2. The zero-order valence-corrected chi connectivity index (χ0v) is 19.5. The van der Waals surface area contributed by atoms with Gasteiger partial charge in [-0.05, 0) is 61.4 Å². The van der Waals surface area contributed by atoms with E-state index in [0.29, 0.717) is 40.6 Å². The first-order valence-corrected chi connectivity index (χ1v) is 12.1. The van der Waals surface area contributed by atoms with Crippen LogP contribution in [0.4, 0.5) is 8.78 Å². The molecule has 7 nitrogen and oxygen atoms in total. The molecule has 0 spiro atoms. The fourth-order valence-electron chi connectivity index (χ4n) is 4.03. The first-order valence-electron chi connectivity index (χ1n) is 11.3. The van der Waals surface area contributed by atoms with Crippen LogP contribution in [0, 0.1) is 17.6 Å². The molecule has 35 heavy (non-hydrogen) atoms. The van der Waals surface area contributed by atoms with Gasteiger partial charge in [0.2, 0.25) is 0 Å². The van der Waals surface area contributed by atoms with Crippen molar-refractivity contribution in [1.29, 1.82) is 0 Å². The molecular formula is C25H24F2N2O5S. The van der Waals surface area contributed by atoms with Crippen molar-refractivity contribution in [3.05, 3.63) is 64.5 Å². The molecule has 184 valence electrons. The summed E-state index contributed by atoms with van der Waals surface area (Å²) in [6.07, 6.45) is 1.76. The van der Waals surface area contributed by atoms with E-state index in [1.807, 2.05) is 0 Å². The minimum absolute atomic E-state index is 0.0207. The lowest BCUT2D eigenvalue weighted by Gasteiger charge is -2.27. The fourth-order valence-corrected chi connectivity index (χ4v) is 5.01. The summed E-state index contributed by atoms with van der Waals surface area (Å²) in [7, 11) is 0. The van der Waals surface area contributed by atoms with Crippen molar-refractivity contribution < 1.29 is 33.0 Å². The van der Waals surface area contributed by atoms with Crippen molar-refractivity contribution in [3.63, 3.8) is 0 Å². The highest BCUT2D eigenvalue weighted by Crippen LogP contribution is 2.30. The van der Waals surface area contributed by atoms with Crippen LogP contribution in [-0.2, 0) is 4.79 Å². The van der Waals surface area contributed by atoms with Gasteiger partial charge in [0.25, 0.3) is 11.8 Å². The molecule has 3 aromatic rings. The number of hydrogen-bond acceptors (Lipinski definition) is 5. The number of aliphatic carboxylic acids is 1. The van der Waals surface area contributed by atoms with Gasteiger partial charge in [0, 0.05) is 18.7 Å². The standard InChI is InChI=1S/C25H24F2N2O5S/c26-18-3-1-2-15-13-21(35-22(15)18)24(31)29-11-10-28-23(30)16-6-9-20(19(27)12-16)34-17-7-4-14(5-8-17)25(32)33/h1-3,6,9,12-14,17H,4-5,7-8,10-11H2,(H,28,30)(H,29,31)(H,32,33). The number of fused-ring (bicyclic) bond motifs is 1. The van der Waals surface area contributed by atoms with Gasteiger partial charge in [0.1, 0.15) is 5.82 Å². The molecule has 0 radical (unpaired) electrons. The summed E-state index contributed by atoms with van der Waals surface area (Å²) >= 11 is 1.06. The van der Waals surface area contributed by atoms with Gasteiger partial charge in [-0.2, -0.15) is 0 Å². The Morgan fingerprint density at radius 1 is 0.943 bits per heavy atom. The maximum atomic E-state index is 14.5. The highest BCUT2D eigenvalue weighted by Gasteiger charge is 2.27. The van der Waals surface area contributed by atoms with Crippen LogP contribution in [-0.4, -0.2) is 42.1 Å². The number of carboxylic acid groups (broad SMARTS) is 1. The fraction of sp³-hybridized carbons (Fsp3) is 0.320. The number of rotatable bonds is 8. The normalized spacial score (nSPS) is 17.7. The lowest BCUT2D eigenvalue weighted by Crippen LogP contribution is -2.34. The molecule has 0 bridgehead atoms. The Morgan fingerprint density at radius 2 is 1.66 bits per heavy atom. The van der Waals surface area contributed by atoms with Gasteiger partial charge in [0.05, 0.1) is 21.6 Å². The molecule has 1 saturated carbocycles. The molecule has 0 atom stereocenters. The Kier molecular flexibility index (Phi) is 7.60. The molecule has 1 aliphatic carbocycles. The van der Waals surface area contributed by atoms with Crippen molar-refractivity contribution >= 4 is 39.2 Å². The third-order valence-corrected chi connectivity index (χ3v) is 7.09. The maximum absolute atomic E-state index is 14.5. The Bertz CT molecular complexity index is 1250. The Labute approximate surface area is 204 Å². The van der Waals surface area contributed by atoms with Crippen molar-refractivity contribution in [2.24, 2.45) is 5.92 Å². The van der Waals surface area contributed by atoms with Gasteiger partial charge >= 0.3 is 5.97 Å². The van der Waals surface area contributed by atoms with Crippen molar-refractivity contribution in [2.75, 3.05) is 13.1 Å². The maximum Gasteiger partial charge on any atom is 0.306 e. The molecular weight excluding hydrogens is 478 g/mol. The molecule has 1 aliphatic rings. The average molecular weight is 503 g/mol. The summed E-state index contributed by atoms with van der Waals surface area (Å²) in [5.41, 5.74) is 0.107. The average Bonchev–Trinajstić information content (AvgIpc) is 3.29. The number of ether oxygens (including phenoxy) is 1. The van der Waals surface area contributed by atoms with E-state index in [0.717, 1.165) is 17.4 Å². The van der Waals surface area contributed by atoms with Gasteiger partial charge < -0.3 is 20.5 Å². The second kappa shape index (κ2) is 10.8. The smallest absolute Gasteiger partial charge is 0.306 e. The van der Waals surface area contributed by atoms with Crippen LogP contribution in [0.2, 0.25) is 0 Å². The molecule has 0 saturated heterocycles. The van der Waals surface area contributed by atoms with Crippen molar-refractivity contribution in [2.45, 2.75) is 31.8 Å². The van der Waals surface area contributed by atoms with E-state index in [-0.39, 0.29) is 48.1 Å². The first kappa shape index (κ1) is 24.6. The summed E-state index contributed by atoms with van der Waals surface area (Å²) in [4.78, 5) is 36.1. The van der Waals surface area contributed by atoms with Gasteiger partial charge in [0.15, 0.2) is 11.6 Å². The zero-order valence-electron chi connectivity index (χ0n) is 18.7. The van der Waals surface area contributed by atoms with Crippen LogP contribution in [0.25, 0.3) is 10.1 Å². The molecule has 0 aliphatic heterocycles. The molecule has 1 fully saturated rings. The summed E-state index contributed by atoms with van der Waals surface area (Å²) in [5, 5.41) is 15.0. The highest BCUT2D eigenvalue weighted by molar-refractivity contribution is 7.20. The monoisotopic (exact) mass is 502 g/mol. The molecule has 1 heterocycles. The predicted molar refractivity (Wildman–Crippen MR) is 127 cm³/mol. The number of hydrogen-bond donors (Lipinski definition) is 3. The summed E-state index contributed by atoms with van der Waals surface area (Å²) in [6, 6.07) is 10.2. The molecule has 3 N–H and O–H groups in total. The second-order valence-corrected chi connectivity index (χ2v) is 9.41. The Morgan fingerprint density at radius 3 is 2.31 bits per heavy atom. The van der Waals surface area contributed by atoms with Crippen LogP contribution in [0.15, 0.2) is 42.5 Å². The molecule has 10 heteroatoms. The minimum atomic E-state index is -0.819. The topological polar surface area (TPSA) is 105 Å². The SMILES string of the molecule is O=C(NCCNC(=O)c1cc2cccc(F)c2s1)c1ccc(OC2CCC(C(=O)O)CC2)c(F)c1. The van der Waals surface area contributed by atoms with E-state index in [9.17, 15) is 23.2 Å². The summed E-state index contributed by atoms with van der Waals surface area (Å²) in [6.45, 7) is 0.264. The molecule has 2 amide bonds. The van der Waals surface area contributed by atoms with Gasteiger partial charge in [-0.3, -0.25) is 14.4 Å². The van der Waals surface area contributed by atoms with Crippen molar-refractivity contribution in [1.82, 2.24) is 10.6 Å². The third kappa shape index (κ3) is 5.94. The lowest BCUT2D eigenvalue weighted by molar-refractivity contribution is -0.143. The van der Waals surface area contributed by atoms with E-state index in [1.165, 1.54) is 18.2 Å². The highest BCUT2D eigenvalue weighted by atomic mass is 32.1. The van der Waals surface area contributed by atoms with E-state index in [2.05, 4.69) is 10.6 Å². The first-order chi connectivity index (χ1) is 16.8. The third-order valence-electron chi connectivity index (χ3n) is 5.93. The van der Waals surface area contributed by atoms with E-state index in [1.54, 1.807) is 18.2 Å². The number of carboxylic acids is 1. The summed E-state index contributed by atoms with van der Waals surface area (Å²) in [5.74, 6) is -3.12. The van der Waals surface area contributed by atoms with Crippen LogP contribution < -0.4 is 15.4 Å². The molecule has 4 rings (SSSR count). The number of carbonyl (C=O) groups excluding carboxylic acids is 2. The summed E-state index contributed by atoms with van der Waals surface area (Å²) < 4.78 is 34.4. The van der Waals surface area contributed by atoms with Gasteiger partial charge in [-0.1, -0.05) is 12.1 Å². The number of thiophene rings is 1. The number of carbonyl (C=O) groups is 3. The minimum Gasteiger partial charge on any atom is -0.487 e. The van der Waals surface area contributed by atoms with E-state index >= 15 is 0 Å². The quantitative estimate of drug-likeness (QED) is 0.397. The van der Waals surface area contributed by atoms with Crippen LogP contribution in [0.3, 0.4) is 0 Å². The van der Waals surface area contributed by atoms with E-state index in [4.69, 9.17) is 9.84 Å². The number of nitrogens with one attached hydrogen (secondary N) is 2. The largest absolute Gasteiger partial charge is 0.487 e. The van der Waals surface area contributed by atoms with Crippen LogP contribution >= 0.6 is 11.3 Å². The lowest BCUT2D eigenvalue weighted by atomic mass is 9.87. The number of amides is 2.